The van der Waals surface area contributed by atoms with E-state index in [2.05, 4.69) is 10.3 Å². The number of para-hydroxylation sites is 1. The lowest BCUT2D eigenvalue weighted by atomic mass is 10.1. The molecule has 1 N–H and O–H groups in total. The highest BCUT2D eigenvalue weighted by molar-refractivity contribution is 5.99. The molecule has 160 valence electrons. The SMILES string of the molecule is CC(=O)c1cccc(NC(=O)COC(=O)c2ccc3c(c2)nc(C)n3-c2ccccc2)c1. The number of nitrogens with one attached hydrogen (secondary N) is 1. The molecule has 0 atom stereocenters. The zero-order chi connectivity index (χ0) is 22.7. The molecule has 0 aliphatic rings. The van der Waals surface area contributed by atoms with Crippen LogP contribution in [0.2, 0.25) is 0 Å². The highest BCUT2D eigenvalue weighted by atomic mass is 16.5. The van der Waals surface area contributed by atoms with E-state index in [1.807, 2.05) is 47.9 Å². The second-order valence-corrected chi connectivity index (χ2v) is 7.29. The van der Waals surface area contributed by atoms with Crippen molar-refractivity contribution in [3.8, 4) is 5.69 Å². The number of aryl methyl sites for hydroxylation is 1. The van der Waals surface area contributed by atoms with Gasteiger partial charge in [-0.1, -0.05) is 30.3 Å². The lowest BCUT2D eigenvalue weighted by molar-refractivity contribution is -0.119. The number of imidazole rings is 1. The van der Waals surface area contributed by atoms with E-state index >= 15 is 0 Å². The summed E-state index contributed by atoms with van der Waals surface area (Å²) in [4.78, 5) is 40.6. The fourth-order valence-electron chi connectivity index (χ4n) is 3.46. The van der Waals surface area contributed by atoms with Crippen LogP contribution in [0.25, 0.3) is 16.7 Å². The number of rotatable bonds is 6. The molecule has 0 aliphatic carbocycles. The van der Waals surface area contributed by atoms with Crippen LogP contribution in [0.1, 0.15) is 33.5 Å². The third-order valence-electron chi connectivity index (χ3n) is 4.96. The van der Waals surface area contributed by atoms with Crippen LogP contribution in [0.15, 0.2) is 72.8 Å². The maximum Gasteiger partial charge on any atom is 0.338 e. The zero-order valence-electron chi connectivity index (χ0n) is 17.7. The predicted molar refractivity (Wildman–Crippen MR) is 121 cm³/mol. The molecule has 1 heterocycles. The van der Waals surface area contributed by atoms with Crippen LogP contribution in [-0.2, 0) is 9.53 Å². The van der Waals surface area contributed by atoms with E-state index in [-0.39, 0.29) is 5.78 Å². The Hall–Kier alpha value is -4.26. The summed E-state index contributed by atoms with van der Waals surface area (Å²) in [5.74, 6) is -0.424. The van der Waals surface area contributed by atoms with Gasteiger partial charge in [0.05, 0.1) is 16.6 Å². The third kappa shape index (κ3) is 4.41. The van der Waals surface area contributed by atoms with Crippen molar-refractivity contribution in [1.29, 1.82) is 0 Å². The van der Waals surface area contributed by atoms with Crippen molar-refractivity contribution in [2.45, 2.75) is 13.8 Å². The number of hydrogen-bond acceptors (Lipinski definition) is 5. The average Bonchev–Trinajstić information content (AvgIpc) is 3.13. The first-order chi connectivity index (χ1) is 15.4. The molecule has 3 aromatic carbocycles. The van der Waals surface area contributed by atoms with Gasteiger partial charge in [0.15, 0.2) is 12.4 Å². The summed E-state index contributed by atoms with van der Waals surface area (Å²) in [6.45, 7) is 2.90. The lowest BCUT2D eigenvalue weighted by Crippen LogP contribution is -2.21. The van der Waals surface area contributed by atoms with E-state index in [0.717, 1.165) is 17.0 Å². The van der Waals surface area contributed by atoms with Gasteiger partial charge < -0.3 is 10.1 Å². The molecule has 1 amide bonds. The molecular formula is C25H21N3O4. The van der Waals surface area contributed by atoms with E-state index in [9.17, 15) is 14.4 Å². The summed E-state index contributed by atoms with van der Waals surface area (Å²) >= 11 is 0. The first-order valence-corrected chi connectivity index (χ1v) is 10.0. The van der Waals surface area contributed by atoms with Gasteiger partial charge >= 0.3 is 5.97 Å². The quantitative estimate of drug-likeness (QED) is 0.365. The number of carbonyl (C=O) groups excluding carboxylic acids is 3. The number of Topliss-reactive ketones (excluding diaryl/α,β-unsaturated/α-hetero) is 1. The van der Waals surface area contributed by atoms with Crippen molar-refractivity contribution < 1.29 is 19.1 Å². The fraction of sp³-hybridized carbons (Fsp3) is 0.120. The van der Waals surface area contributed by atoms with Crippen molar-refractivity contribution in [2.24, 2.45) is 0 Å². The summed E-state index contributed by atoms with van der Waals surface area (Å²) < 4.78 is 7.16. The van der Waals surface area contributed by atoms with Gasteiger partial charge in [0.25, 0.3) is 5.91 Å². The molecule has 0 saturated heterocycles. The van der Waals surface area contributed by atoms with Gasteiger partial charge in [0.2, 0.25) is 0 Å². The van der Waals surface area contributed by atoms with Crippen molar-refractivity contribution >= 4 is 34.4 Å². The molecular weight excluding hydrogens is 406 g/mol. The highest BCUT2D eigenvalue weighted by Gasteiger charge is 2.15. The molecule has 0 radical (unpaired) electrons. The number of hydrogen-bond donors (Lipinski definition) is 1. The number of anilines is 1. The smallest absolute Gasteiger partial charge is 0.338 e. The number of benzene rings is 3. The summed E-state index contributed by atoms with van der Waals surface area (Å²) in [7, 11) is 0. The largest absolute Gasteiger partial charge is 0.452 e. The van der Waals surface area contributed by atoms with Crippen LogP contribution in [0, 0.1) is 6.92 Å². The summed E-state index contributed by atoms with van der Waals surface area (Å²) in [6, 6.07) is 21.5. The number of amides is 1. The number of esters is 1. The minimum absolute atomic E-state index is 0.104. The Balaban J connectivity index is 1.44. The van der Waals surface area contributed by atoms with Gasteiger partial charge in [0.1, 0.15) is 5.82 Å². The van der Waals surface area contributed by atoms with E-state index in [1.165, 1.54) is 6.92 Å². The third-order valence-corrected chi connectivity index (χ3v) is 4.96. The molecule has 0 saturated carbocycles. The van der Waals surface area contributed by atoms with E-state index in [0.29, 0.717) is 22.3 Å². The number of nitrogens with zero attached hydrogens (tertiary/aromatic N) is 2. The van der Waals surface area contributed by atoms with Gasteiger partial charge in [-0.05, 0) is 56.3 Å². The Kier molecular flexibility index (Phi) is 5.81. The lowest BCUT2D eigenvalue weighted by Gasteiger charge is -2.08. The molecule has 0 aliphatic heterocycles. The van der Waals surface area contributed by atoms with Gasteiger partial charge in [-0.3, -0.25) is 14.2 Å². The topological polar surface area (TPSA) is 90.3 Å². The molecule has 0 unspecified atom stereocenters. The maximum absolute atomic E-state index is 12.5. The normalized spacial score (nSPS) is 10.7. The van der Waals surface area contributed by atoms with Crippen molar-refractivity contribution in [2.75, 3.05) is 11.9 Å². The highest BCUT2D eigenvalue weighted by Crippen LogP contribution is 2.22. The van der Waals surface area contributed by atoms with Gasteiger partial charge in [-0.2, -0.15) is 0 Å². The molecule has 7 heteroatoms. The summed E-state index contributed by atoms with van der Waals surface area (Å²) in [6.07, 6.45) is 0. The van der Waals surface area contributed by atoms with Gasteiger partial charge in [0, 0.05) is 16.9 Å². The van der Waals surface area contributed by atoms with Crippen LogP contribution in [0.3, 0.4) is 0 Å². The minimum Gasteiger partial charge on any atom is -0.452 e. The van der Waals surface area contributed by atoms with Crippen molar-refractivity contribution in [1.82, 2.24) is 9.55 Å². The van der Waals surface area contributed by atoms with Gasteiger partial charge in [-0.15, -0.1) is 0 Å². The summed E-state index contributed by atoms with van der Waals surface area (Å²) in [5, 5.41) is 2.62. The first kappa shape index (κ1) is 21.0. The Morgan fingerprint density at radius 2 is 1.72 bits per heavy atom. The van der Waals surface area contributed by atoms with Crippen LogP contribution in [0.5, 0.6) is 0 Å². The Labute approximate surface area is 184 Å². The molecule has 0 fully saturated rings. The Morgan fingerprint density at radius 3 is 2.47 bits per heavy atom. The number of aromatic nitrogens is 2. The van der Waals surface area contributed by atoms with E-state index < -0.39 is 18.5 Å². The summed E-state index contributed by atoms with van der Waals surface area (Å²) in [5.41, 5.74) is 3.76. The predicted octanol–water partition coefficient (Wildman–Crippen LogP) is 4.33. The molecule has 1 aromatic heterocycles. The van der Waals surface area contributed by atoms with Crippen molar-refractivity contribution in [3.05, 3.63) is 89.7 Å². The van der Waals surface area contributed by atoms with Crippen LogP contribution in [-0.4, -0.2) is 33.8 Å². The molecule has 7 nitrogen and oxygen atoms in total. The Bertz CT molecular complexity index is 1330. The Morgan fingerprint density at radius 1 is 0.938 bits per heavy atom. The van der Waals surface area contributed by atoms with Crippen LogP contribution < -0.4 is 5.32 Å². The number of fused-ring (bicyclic) bond motifs is 1. The first-order valence-electron chi connectivity index (χ1n) is 10.0. The molecule has 0 bridgehead atoms. The van der Waals surface area contributed by atoms with Crippen molar-refractivity contribution in [3.63, 3.8) is 0 Å². The number of ketones is 1. The number of ether oxygens (including phenoxy) is 1. The average molecular weight is 427 g/mol. The van der Waals surface area contributed by atoms with Crippen LogP contribution in [0.4, 0.5) is 5.69 Å². The van der Waals surface area contributed by atoms with Crippen LogP contribution >= 0.6 is 0 Å². The second kappa shape index (κ2) is 8.85. The molecule has 4 rings (SSSR count). The van der Waals surface area contributed by atoms with Gasteiger partial charge in [-0.25, -0.2) is 9.78 Å². The second-order valence-electron chi connectivity index (χ2n) is 7.29. The number of carbonyl (C=O) groups is 3. The molecule has 32 heavy (non-hydrogen) atoms. The minimum atomic E-state index is -0.619. The molecule has 4 aromatic rings. The standard InChI is InChI=1S/C25H21N3O4/c1-16(29)18-7-6-8-20(13-18)27-24(30)15-32-25(31)19-11-12-23-22(14-19)26-17(2)28(23)21-9-4-3-5-10-21/h3-14H,15H2,1-2H3,(H,27,30). The monoisotopic (exact) mass is 427 g/mol. The maximum atomic E-state index is 12.5. The van der Waals surface area contributed by atoms with E-state index in [4.69, 9.17) is 4.74 Å². The molecule has 0 spiro atoms. The van der Waals surface area contributed by atoms with E-state index in [1.54, 1.807) is 36.4 Å². The fourth-order valence-corrected chi connectivity index (χ4v) is 3.46. The zero-order valence-corrected chi connectivity index (χ0v) is 17.7.